The topological polar surface area (TPSA) is 24.1 Å². The molecule has 1 aromatic rings. The predicted octanol–water partition coefficient (Wildman–Crippen LogP) is 2.91. The van der Waals surface area contributed by atoms with Crippen LogP contribution in [0.3, 0.4) is 0 Å². The van der Waals surface area contributed by atoms with Gasteiger partial charge in [-0.2, -0.15) is 0 Å². The molecule has 2 nitrogen and oxygen atoms in total. The lowest BCUT2D eigenvalue weighted by atomic mass is 9.95. The van der Waals surface area contributed by atoms with Crippen LogP contribution in [0.5, 0.6) is 0 Å². The molecule has 0 fully saturated rings. The molecule has 4 heteroatoms. The van der Waals surface area contributed by atoms with Gasteiger partial charge in [-0.05, 0) is 50.7 Å². The van der Waals surface area contributed by atoms with Gasteiger partial charge in [0.25, 0.3) is 0 Å². The van der Waals surface area contributed by atoms with Crippen LogP contribution in [0.1, 0.15) is 17.9 Å². The first-order valence-corrected chi connectivity index (χ1v) is 6.18. The molecule has 0 bridgehead atoms. The molecule has 0 aliphatic carbocycles. The highest BCUT2D eigenvalue weighted by Gasteiger charge is 2.11. The highest BCUT2D eigenvalue weighted by atomic mass is 35.5. The fourth-order valence-electron chi connectivity index (χ4n) is 1.72. The Morgan fingerprint density at radius 2 is 1.88 bits per heavy atom. The molecule has 0 radical (unpaired) electrons. The second-order valence-corrected chi connectivity index (χ2v) is 4.63. The Morgan fingerprint density at radius 1 is 1.12 bits per heavy atom. The average Bonchev–Trinajstić information content (AvgIpc) is 2.28. The van der Waals surface area contributed by atoms with E-state index in [1.165, 1.54) is 5.56 Å². The first-order valence-electron chi connectivity index (χ1n) is 5.43. The van der Waals surface area contributed by atoms with Gasteiger partial charge in [-0.25, -0.2) is 0 Å². The summed E-state index contributed by atoms with van der Waals surface area (Å²) >= 11 is 11.9. The van der Waals surface area contributed by atoms with Crippen LogP contribution in [-0.4, -0.2) is 27.2 Å². The molecule has 0 heterocycles. The lowest BCUT2D eigenvalue weighted by Crippen LogP contribution is -2.21. The van der Waals surface area contributed by atoms with Crippen molar-refractivity contribution in [2.24, 2.45) is 0 Å². The number of hydrogen-bond donors (Lipinski definition) is 2. The van der Waals surface area contributed by atoms with Crippen LogP contribution in [0.2, 0.25) is 10.0 Å². The van der Waals surface area contributed by atoms with Gasteiger partial charge in [0.1, 0.15) is 0 Å². The Morgan fingerprint density at radius 3 is 2.44 bits per heavy atom. The molecule has 1 unspecified atom stereocenters. The van der Waals surface area contributed by atoms with Crippen molar-refractivity contribution in [2.75, 3.05) is 27.2 Å². The van der Waals surface area contributed by atoms with E-state index in [1.54, 1.807) is 0 Å². The number of hydrogen-bond acceptors (Lipinski definition) is 2. The molecule has 2 N–H and O–H groups in total. The highest BCUT2D eigenvalue weighted by Crippen LogP contribution is 2.27. The SMILES string of the molecule is CNCCC(CNC)c1ccc(Cl)c(Cl)c1. The van der Waals surface area contributed by atoms with Crippen molar-refractivity contribution in [2.45, 2.75) is 12.3 Å². The highest BCUT2D eigenvalue weighted by molar-refractivity contribution is 6.42. The number of rotatable bonds is 6. The van der Waals surface area contributed by atoms with E-state index in [-0.39, 0.29) is 0 Å². The molecule has 90 valence electrons. The van der Waals surface area contributed by atoms with Crippen LogP contribution in [0.25, 0.3) is 0 Å². The molecule has 0 saturated heterocycles. The third-order valence-electron chi connectivity index (χ3n) is 2.61. The van der Waals surface area contributed by atoms with Gasteiger partial charge in [0, 0.05) is 6.54 Å². The van der Waals surface area contributed by atoms with Crippen molar-refractivity contribution in [1.29, 1.82) is 0 Å². The molecule has 0 amide bonds. The summed E-state index contributed by atoms with van der Waals surface area (Å²) in [4.78, 5) is 0. The summed E-state index contributed by atoms with van der Waals surface area (Å²) in [6.07, 6.45) is 1.08. The van der Waals surface area contributed by atoms with E-state index in [0.29, 0.717) is 16.0 Å². The van der Waals surface area contributed by atoms with Gasteiger partial charge in [-0.15, -0.1) is 0 Å². The van der Waals surface area contributed by atoms with Gasteiger partial charge >= 0.3 is 0 Å². The summed E-state index contributed by atoms with van der Waals surface area (Å²) in [6.45, 7) is 1.94. The van der Waals surface area contributed by atoms with Crippen LogP contribution in [0.15, 0.2) is 18.2 Å². The number of halogens is 2. The van der Waals surface area contributed by atoms with E-state index < -0.39 is 0 Å². The molecule has 1 atom stereocenters. The maximum absolute atomic E-state index is 6.02. The second kappa shape index (κ2) is 7.13. The maximum Gasteiger partial charge on any atom is 0.0595 e. The maximum atomic E-state index is 6.02. The average molecular weight is 261 g/mol. The summed E-state index contributed by atoms with van der Waals surface area (Å²) in [7, 11) is 3.93. The zero-order chi connectivity index (χ0) is 12.0. The molecule has 1 aromatic carbocycles. The van der Waals surface area contributed by atoms with Gasteiger partial charge in [-0.3, -0.25) is 0 Å². The minimum absolute atomic E-state index is 0.465. The molecule has 16 heavy (non-hydrogen) atoms. The monoisotopic (exact) mass is 260 g/mol. The van der Waals surface area contributed by atoms with Crippen molar-refractivity contribution < 1.29 is 0 Å². The van der Waals surface area contributed by atoms with Crippen molar-refractivity contribution >= 4 is 23.2 Å². The zero-order valence-corrected chi connectivity index (χ0v) is 11.2. The van der Waals surface area contributed by atoms with Crippen molar-refractivity contribution in [3.8, 4) is 0 Å². The van der Waals surface area contributed by atoms with Gasteiger partial charge in [0.05, 0.1) is 10.0 Å². The van der Waals surface area contributed by atoms with Gasteiger partial charge in [0.15, 0.2) is 0 Å². The standard InChI is InChI=1S/C12H18Cl2N2/c1-15-6-5-10(8-16-2)9-3-4-11(13)12(14)7-9/h3-4,7,10,15-16H,5-6,8H2,1-2H3. The summed E-state index contributed by atoms with van der Waals surface area (Å²) in [5, 5.41) is 7.61. The van der Waals surface area contributed by atoms with E-state index in [4.69, 9.17) is 23.2 Å². The fourth-order valence-corrected chi connectivity index (χ4v) is 2.02. The Hall–Kier alpha value is -0.280. The lowest BCUT2D eigenvalue weighted by Gasteiger charge is -2.17. The van der Waals surface area contributed by atoms with Crippen molar-refractivity contribution in [1.82, 2.24) is 10.6 Å². The van der Waals surface area contributed by atoms with Crippen LogP contribution < -0.4 is 10.6 Å². The lowest BCUT2D eigenvalue weighted by molar-refractivity contribution is 0.565. The summed E-state index contributed by atoms with van der Waals surface area (Å²) in [5.41, 5.74) is 1.24. The normalized spacial score (nSPS) is 12.8. The van der Waals surface area contributed by atoms with Crippen LogP contribution in [-0.2, 0) is 0 Å². The van der Waals surface area contributed by atoms with Crippen LogP contribution in [0, 0.1) is 0 Å². The van der Waals surface area contributed by atoms with Crippen molar-refractivity contribution in [3.05, 3.63) is 33.8 Å². The van der Waals surface area contributed by atoms with Gasteiger partial charge in [-0.1, -0.05) is 29.3 Å². The van der Waals surface area contributed by atoms with E-state index in [9.17, 15) is 0 Å². The first-order chi connectivity index (χ1) is 7.69. The number of likely N-dealkylation sites (N-methyl/N-ethyl adjacent to an activating group) is 1. The quantitative estimate of drug-likeness (QED) is 0.822. The summed E-state index contributed by atoms with van der Waals surface area (Å²) in [5.74, 6) is 0.465. The molecule has 0 saturated carbocycles. The fraction of sp³-hybridized carbons (Fsp3) is 0.500. The largest absolute Gasteiger partial charge is 0.320 e. The first kappa shape index (κ1) is 13.8. The molecule has 0 aliphatic rings. The molecule has 0 aliphatic heterocycles. The second-order valence-electron chi connectivity index (χ2n) is 3.82. The molecule has 1 rings (SSSR count). The minimum atomic E-state index is 0.465. The minimum Gasteiger partial charge on any atom is -0.320 e. The van der Waals surface area contributed by atoms with Crippen LogP contribution in [0.4, 0.5) is 0 Å². The van der Waals surface area contributed by atoms with E-state index >= 15 is 0 Å². The molecule has 0 aromatic heterocycles. The molecular formula is C12H18Cl2N2. The van der Waals surface area contributed by atoms with Gasteiger partial charge in [0.2, 0.25) is 0 Å². The Kier molecular flexibility index (Phi) is 6.14. The molecular weight excluding hydrogens is 243 g/mol. The number of nitrogens with one attached hydrogen (secondary N) is 2. The Labute approximate surface area is 107 Å². The third-order valence-corrected chi connectivity index (χ3v) is 3.35. The van der Waals surface area contributed by atoms with Crippen molar-refractivity contribution in [3.63, 3.8) is 0 Å². The van der Waals surface area contributed by atoms with E-state index in [2.05, 4.69) is 10.6 Å². The van der Waals surface area contributed by atoms with E-state index in [1.807, 2.05) is 32.3 Å². The smallest absolute Gasteiger partial charge is 0.0595 e. The number of benzene rings is 1. The van der Waals surface area contributed by atoms with Crippen LogP contribution >= 0.6 is 23.2 Å². The third kappa shape index (κ3) is 3.95. The van der Waals surface area contributed by atoms with E-state index in [0.717, 1.165) is 19.5 Å². The Bertz CT molecular complexity index is 329. The zero-order valence-electron chi connectivity index (χ0n) is 9.69. The summed E-state index contributed by atoms with van der Waals surface area (Å²) < 4.78 is 0. The summed E-state index contributed by atoms with van der Waals surface area (Å²) in [6, 6.07) is 5.87. The Balaban J connectivity index is 2.78. The van der Waals surface area contributed by atoms with Gasteiger partial charge < -0.3 is 10.6 Å². The molecule has 0 spiro atoms. The predicted molar refractivity (Wildman–Crippen MR) is 71.7 cm³/mol.